The van der Waals surface area contributed by atoms with Crippen molar-refractivity contribution < 1.29 is 24.8 Å². The van der Waals surface area contributed by atoms with E-state index in [-0.39, 0.29) is 5.01 Å². The molecule has 1 amide bonds. The number of carboxylic acid groups (broad SMARTS) is 2. The third-order valence-electron chi connectivity index (χ3n) is 1.71. The molecule has 1 aromatic carbocycles. The number of aromatic carboxylic acids is 1. The number of nitrogens with zero attached hydrogens (tertiary/aromatic N) is 2. The van der Waals surface area contributed by atoms with Crippen LogP contribution in [-0.2, 0) is 0 Å². The molecule has 8 nitrogen and oxygen atoms in total. The van der Waals surface area contributed by atoms with Crippen LogP contribution >= 0.6 is 0 Å². The third kappa shape index (κ3) is 2.05. The molecule has 0 radical (unpaired) electrons. The summed E-state index contributed by atoms with van der Waals surface area (Å²) in [6, 6.07) is 4.77. The first-order chi connectivity index (χ1) is 7.45. The van der Waals surface area contributed by atoms with Crippen molar-refractivity contribution in [3.05, 3.63) is 39.9 Å². The van der Waals surface area contributed by atoms with Gasteiger partial charge in [0.25, 0.3) is 0 Å². The van der Waals surface area contributed by atoms with Crippen LogP contribution in [0.3, 0.4) is 0 Å². The number of nitro groups is 1. The zero-order valence-electron chi connectivity index (χ0n) is 7.73. The summed E-state index contributed by atoms with van der Waals surface area (Å²) in [5, 5.41) is 26.4. The Hall–Kier alpha value is -2.64. The van der Waals surface area contributed by atoms with Gasteiger partial charge in [-0.3, -0.25) is 0 Å². The average Bonchev–Trinajstić information content (AvgIpc) is 2.17. The molecule has 8 heteroatoms. The number of amides is 1. The number of carbonyl (C=O) groups is 2. The number of hydrogen-bond donors (Lipinski definition) is 2. The van der Waals surface area contributed by atoms with Gasteiger partial charge in [0.05, 0.1) is 5.56 Å². The number of hydrazine groups is 1. The summed E-state index contributed by atoms with van der Waals surface area (Å²) in [5.74, 6) is -1.44. The van der Waals surface area contributed by atoms with E-state index in [4.69, 9.17) is 10.2 Å². The molecule has 0 saturated carbocycles. The van der Waals surface area contributed by atoms with Crippen molar-refractivity contribution >= 4 is 17.7 Å². The predicted molar refractivity (Wildman–Crippen MR) is 50.9 cm³/mol. The highest BCUT2D eigenvalue weighted by molar-refractivity contribution is 5.98. The maximum atomic E-state index is 10.7. The van der Waals surface area contributed by atoms with Crippen molar-refractivity contribution in [1.82, 2.24) is 0 Å². The van der Waals surface area contributed by atoms with Gasteiger partial charge in [0.1, 0.15) is 5.69 Å². The number of rotatable bonds is 3. The lowest BCUT2D eigenvalue weighted by molar-refractivity contribution is -0.483. The van der Waals surface area contributed by atoms with Gasteiger partial charge in [-0.2, -0.15) is 0 Å². The van der Waals surface area contributed by atoms with Gasteiger partial charge in [-0.25, -0.2) is 19.7 Å². The monoisotopic (exact) mass is 226 g/mol. The van der Waals surface area contributed by atoms with Crippen molar-refractivity contribution in [3.63, 3.8) is 0 Å². The Kier molecular flexibility index (Phi) is 3.04. The highest BCUT2D eigenvalue weighted by atomic mass is 16.7. The highest BCUT2D eigenvalue weighted by Crippen LogP contribution is 2.20. The highest BCUT2D eigenvalue weighted by Gasteiger charge is 2.30. The molecule has 0 aromatic heterocycles. The topological polar surface area (TPSA) is 121 Å². The minimum absolute atomic E-state index is 0.247. The lowest BCUT2D eigenvalue weighted by Gasteiger charge is -2.10. The molecule has 0 spiro atoms. The van der Waals surface area contributed by atoms with Crippen LogP contribution in [0.5, 0.6) is 0 Å². The van der Waals surface area contributed by atoms with Gasteiger partial charge in [-0.1, -0.05) is 12.1 Å². The van der Waals surface area contributed by atoms with Crippen molar-refractivity contribution in [2.45, 2.75) is 0 Å². The van der Waals surface area contributed by atoms with Crippen molar-refractivity contribution in [2.75, 3.05) is 5.01 Å². The summed E-state index contributed by atoms with van der Waals surface area (Å²) in [4.78, 5) is 31.8. The Morgan fingerprint density at radius 3 is 2.25 bits per heavy atom. The van der Waals surface area contributed by atoms with E-state index < -0.39 is 28.3 Å². The Labute approximate surface area is 88.5 Å². The molecule has 0 saturated heterocycles. The SMILES string of the molecule is O=C(O)c1ccccc1N(C(=O)O)[N+](=O)[O-]. The molecular formula is C8H6N2O6. The average molecular weight is 226 g/mol. The molecule has 0 fully saturated rings. The van der Waals surface area contributed by atoms with Crippen LogP contribution in [0.1, 0.15) is 10.4 Å². The first-order valence-electron chi connectivity index (χ1n) is 3.95. The van der Waals surface area contributed by atoms with Crippen molar-refractivity contribution in [1.29, 1.82) is 0 Å². The van der Waals surface area contributed by atoms with E-state index in [0.717, 1.165) is 12.1 Å². The zero-order chi connectivity index (χ0) is 12.3. The Balaban J connectivity index is 3.35. The van der Waals surface area contributed by atoms with Crippen LogP contribution < -0.4 is 5.01 Å². The van der Waals surface area contributed by atoms with Gasteiger partial charge < -0.3 is 10.2 Å². The summed E-state index contributed by atoms with van der Waals surface area (Å²) in [6.07, 6.45) is -1.86. The number of anilines is 1. The van der Waals surface area contributed by atoms with Gasteiger partial charge in [-0.05, 0) is 12.1 Å². The molecule has 0 aliphatic carbocycles. The molecule has 0 aliphatic heterocycles. The van der Waals surface area contributed by atoms with Crippen molar-refractivity contribution in [3.8, 4) is 0 Å². The van der Waals surface area contributed by atoms with Gasteiger partial charge in [0.15, 0.2) is 5.03 Å². The van der Waals surface area contributed by atoms with Crippen LogP contribution in [-0.4, -0.2) is 27.3 Å². The fourth-order valence-electron chi connectivity index (χ4n) is 1.10. The fraction of sp³-hybridized carbons (Fsp3) is 0. The smallest absolute Gasteiger partial charge is 0.470 e. The van der Waals surface area contributed by atoms with Gasteiger partial charge in [0.2, 0.25) is 0 Å². The molecule has 0 bridgehead atoms. The molecular weight excluding hydrogens is 220 g/mol. The second kappa shape index (κ2) is 4.26. The van der Waals surface area contributed by atoms with Gasteiger partial charge in [-0.15, -0.1) is 0 Å². The molecule has 0 heterocycles. The Bertz CT molecular complexity index is 444. The van der Waals surface area contributed by atoms with E-state index in [1.54, 1.807) is 0 Å². The van der Waals surface area contributed by atoms with Crippen LogP contribution in [0.4, 0.5) is 10.5 Å². The minimum atomic E-state index is -1.86. The summed E-state index contributed by atoms with van der Waals surface area (Å²) in [5.41, 5.74) is -0.964. The standard InChI is InChI=1S/C8H6N2O6/c11-7(12)5-3-1-2-4-6(5)9(8(13)14)10(15)16/h1-4H,(H,11,12)(H,13,14). The molecule has 1 rings (SSSR count). The molecule has 0 unspecified atom stereocenters. The van der Waals surface area contributed by atoms with Crippen LogP contribution in [0.15, 0.2) is 24.3 Å². The minimum Gasteiger partial charge on any atom is -0.478 e. The Morgan fingerprint density at radius 1 is 1.25 bits per heavy atom. The van der Waals surface area contributed by atoms with Crippen LogP contribution in [0.2, 0.25) is 0 Å². The zero-order valence-corrected chi connectivity index (χ0v) is 7.73. The predicted octanol–water partition coefficient (Wildman–Crippen LogP) is 1.06. The van der Waals surface area contributed by atoms with Crippen LogP contribution in [0.25, 0.3) is 0 Å². The third-order valence-corrected chi connectivity index (χ3v) is 1.71. The number of carboxylic acids is 1. The lowest BCUT2D eigenvalue weighted by atomic mass is 10.2. The fourth-order valence-corrected chi connectivity index (χ4v) is 1.10. The number of para-hydroxylation sites is 1. The second-order valence-electron chi connectivity index (χ2n) is 2.65. The van der Waals surface area contributed by atoms with E-state index in [9.17, 15) is 19.7 Å². The molecule has 2 N–H and O–H groups in total. The molecule has 84 valence electrons. The van der Waals surface area contributed by atoms with E-state index in [1.807, 2.05) is 0 Å². The molecule has 16 heavy (non-hydrogen) atoms. The van der Waals surface area contributed by atoms with E-state index >= 15 is 0 Å². The molecule has 0 atom stereocenters. The van der Waals surface area contributed by atoms with E-state index in [0.29, 0.717) is 0 Å². The normalized spacial score (nSPS) is 9.50. The maximum absolute atomic E-state index is 10.7. The Morgan fingerprint density at radius 2 is 1.81 bits per heavy atom. The number of hydrogen-bond acceptors (Lipinski definition) is 4. The molecule has 1 aromatic rings. The van der Waals surface area contributed by atoms with Crippen molar-refractivity contribution in [2.24, 2.45) is 0 Å². The number of benzene rings is 1. The van der Waals surface area contributed by atoms with Crippen LogP contribution in [0, 0.1) is 10.1 Å². The molecule has 0 aliphatic rings. The van der Waals surface area contributed by atoms with Gasteiger partial charge >= 0.3 is 12.1 Å². The lowest BCUT2D eigenvalue weighted by Crippen LogP contribution is -2.36. The van der Waals surface area contributed by atoms with Gasteiger partial charge in [0, 0.05) is 5.01 Å². The quantitative estimate of drug-likeness (QED) is 0.587. The summed E-state index contributed by atoms with van der Waals surface area (Å²) in [6.45, 7) is 0. The van der Waals surface area contributed by atoms with E-state index in [2.05, 4.69) is 0 Å². The summed E-state index contributed by atoms with van der Waals surface area (Å²) in [7, 11) is 0. The summed E-state index contributed by atoms with van der Waals surface area (Å²) >= 11 is 0. The first-order valence-corrected chi connectivity index (χ1v) is 3.95. The second-order valence-corrected chi connectivity index (χ2v) is 2.65. The maximum Gasteiger partial charge on any atom is 0.470 e. The summed E-state index contributed by atoms with van der Waals surface area (Å²) < 4.78 is 0. The first kappa shape index (κ1) is 11.4. The largest absolute Gasteiger partial charge is 0.478 e. The van der Waals surface area contributed by atoms with E-state index in [1.165, 1.54) is 12.1 Å².